The third kappa shape index (κ3) is 4.41. The Balaban J connectivity index is 1.55. The van der Waals surface area contributed by atoms with E-state index in [1.807, 2.05) is 45.0 Å². The van der Waals surface area contributed by atoms with Crippen LogP contribution in [-0.2, 0) is 16.4 Å². The molecular formula is C24H25N3O3S. The molecule has 0 aromatic heterocycles. The topological polar surface area (TPSA) is 78.5 Å². The van der Waals surface area contributed by atoms with Crippen molar-refractivity contribution in [3.05, 3.63) is 82.9 Å². The second-order valence-corrected chi connectivity index (χ2v) is 9.80. The van der Waals surface area contributed by atoms with E-state index >= 15 is 0 Å². The summed E-state index contributed by atoms with van der Waals surface area (Å²) in [6.45, 7) is 6.24. The first-order chi connectivity index (χ1) is 14.7. The zero-order chi connectivity index (χ0) is 22.2. The number of rotatable bonds is 4. The van der Waals surface area contributed by atoms with Crippen molar-refractivity contribution in [2.45, 2.75) is 32.1 Å². The minimum absolute atomic E-state index is 0.261. The van der Waals surface area contributed by atoms with Crippen molar-refractivity contribution in [3.8, 4) is 0 Å². The maximum absolute atomic E-state index is 13.2. The lowest BCUT2D eigenvalue weighted by Gasteiger charge is -2.20. The highest BCUT2D eigenvalue weighted by molar-refractivity contribution is 7.92. The highest BCUT2D eigenvalue weighted by Gasteiger charge is 2.31. The fourth-order valence-electron chi connectivity index (χ4n) is 3.86. The van der Waals surface area contributed by atoms with Crippen LogP contribution in [0.25, 0.3) is 0 Å². The predicted octanol–water partition coefficient (Wildman–Crippen LogP) is 5.01. The minimum atomic E-state index is -3.67. The third-order valence-corrected chi connectivity index (χ3v) is 7.11. The maximum Gasteiger partial charge on any atom is 0.323 e. The van der Waals surface area contributed by atoms with Crippen molar-refractivity contribution in [1.82, 2.24) is 0 Å². The molecule has 1 aliphatic heterocycles. The molecule has 0 atom stereocenters. The van der Waals surface area contributed by atoms with Crippen LogP contribution in [0.2, 0.25) is 0 Å². The zero-order valence-electron chi connectivity index (χ0n) is 17.8. The highest BCUT2D eigenvalue weighted by Crippen LogP contribution is 2.35. The Morgan fingerprint density at radius 3 is 2.13 bits per heavy atom. The SMILES string of the molecule is Cc1ccc(S(=O)(=O)N2CCc3ccc(NC(=O)Nc4cc(C)cc(C)c4)cc32)cc1. The summed E-state index contributed by atoms with van der Waals surface area (Å²) in [5, 5.41) is 5.64. The number of sulfonamides is 1. The normalized spacial score (nSPS) is 13.1. The van der Waals surface area contributed by atoms with E-state index in [1.165, 1.54) is 4.31 Å². The van der Waals surface area contributed by atoms with Crippen LogP contribution in [-0.4, -0.2) is 21.0 Å². The van der Waals surface area contributed by atoms with Crippen molar-refractivity contribution >= 4 is 33.1 Å². The second kappa shape index (κ2) is 8.07. The summed E-state index contributed by atoms with van der Waals surface area (Å²) in [4.78, 5) is 12.7. The number of urea groups is 1. The number of amides is 2. The molecule has 31 heavy (non-hydrogen) atoms. The number of anilines is 3. The molecule has 0 saturated carbocycles. The molecule has 3 aromatic rings. The molecule has 0 saturated heterocycles. The third-order valence-electron chi connectivity index (χ3n) is 5.28. The summed E-state index contributed by atoms with van der Waals surface area (Å²) in [6, 6.07) is 17.7. The van der Waals surface area contributed by atoms with Crippen LogP contribution in [0.15, 0.2) is 65.6 Å². The summed E-state index contributed by atoms with van der Waals surface area (Å²) in [5.41, 5.74) is 5.91. The number of hydrogen-bond donors (Lipinski definition) is 2. The Labute approximate surface area is 183 Å². The standard InChI is InChI=1S/C24H25N3O3S/c1-16-4-8-22(9-5-16)31(29,30)27-11-10-19-6-7-20(15-23(19)27)25-24(28)26-21-13-17(2)12-18(3)14-21/h4-9,12-15H,10-11H2,1-3H3,(H2,25,26,28). The smallest absolute Gasteiger partial charge is 0.308 e. The van der Waals surface area contributed by atoms with Gasteiger partial charge in [0.15, 0.2) is 0 Å². The van der Waals surface area contributed by atoms with Crippen LogP contribution in [0, 0.1) is 20.8 Å². The largest absolute Gasteiger partial charge is 0.323 e. The van der Waals surface area contributed by atoms with E-state index in [9.17, 15) is 13.2 Å². The molecule has 7 heteroatoms. The van der Waals surface area contributed by atoms with E-state index in [0.29, 0.717) is 30.0 Å². The second-order valence-electron chi connectivity index (χ2n) is 7.94. The molecule has 0 fully saturated rings. The number of carbonyl (C=O) groups is 1. The molecule has 0 aliphatic carbocycles. The van der Waals surface area contributed by atoms with E-state index in [-0.39, 0.29) is 10.9 Å². The van der Waals surface area contributed by atoms with Crippen LogP contribution < -0.4 is 14.9 Å². The fraction of sp³-hybridized carbons (Fsp3) is 0.208. The molecule has 0 spiro atoms. The number of nitrogens with one attached hydrogen (secondary N) is 2. The molecule has 3 aromatic carbocycles. The van der Waals surface area contributed by atoms with Gasteiger partial charge in [0.05, 0.1) is 10.6 Å². The molecular weight excluding hydrogens is 410 g/mol. The first kappa shape index (κ1) is 20.9. The van der Waals surface area contributed by atoms with Gasteiger partial charge in [-0.3, -0.25) is 4.31 Å². The van der Waals surface area contributed by atoms with Crippen molar-refractivity contribution in [1.29, 1.82) is 0 Å². The Morgan fingerprint density at radius 1 is 0.806 bits per heavy atom. The van der Waals surface area contributed by atoms with E-state index in [2.05, 4.69) is 10.6 Å². The van der Waals surface area contributed by atoms with Gasteiger partial charge < -0.3 is 10.6 Å². The lowest BCUT2D eigenvalue weighted by atomic mass is 10.1. The summed E-state index contributed by atoms with van der Waals surface area (Å²) >= 11 is 0. The van der Waals surface area contributed by atoms with Crippen LogP contribution in [0.4, 0.5) is 21.9 Å². The average Bonchev–Trinajstić information content (AvgIpc) is 3.11. The number of fused-ring (bicyclic) bond motifs is 1. The minimum Gasteiger partial charge on any atom is -0.308 e. The fourth-order valence-corrected chi connectivity index (χ4v) is 5.35. The number of carbonyl (C=O) groups excluding carboxylic acids is 1. The average molecular weight is 436 g/mol. The number of nitrogens with zero attached hydrogens (tertiary/aromatic N) is 1. The zero-order valence-corrected chi connectivity index (χ0v) is 18.6. The summed E-state index contributed by atoms with van der Waals surface area (Å²) in [5.74, 6) is 0. The first-order valence-electron chi connectivity index (χ1n) is 10.1. The van der Waals surface area contributed by atoms with Gasteiger partial charge in [0.2, 0.25) is 0 Å². The Hall–Kier alpha value is -3.32. The Bertz CT molecular complexity index is 1230. The van der Waals surface area contributed by atoms with Crippen molar-refractivity contribution in [3.63, 3.8) is 0 Å². The predicted molar refractivity (Wildman–Crippen MR) is 124 cm³/mol. The van der Waals surface area contributed by atoms with Gasteiger partial charge >= 0.3 is 6.03 Å². The van der Waals surface area contributed by atoms with E-state index < -0.39 is 10.0 Å². The molecule has 6 nitrogen and oxygen atoms in total. The number of benzene rings is 3. The molecule has 1 heterocycles. The number of hydrogen-bond acceptors (Lipinski definition) is 3. The van der Waals surface area contributed by atoms with E-state index in [4.69, 9.17) is 0 Å². The summed E-state index contributed by atoms with van der Waals surface area (Å²) in [6.07, 6.45) is 0.634. The lowest BCUT2D eigenvalue weighted by molar-refractivity contribution is 0.262. The molecule has 0 radical (unpaired) electrons. The summed E-state index contributed by atoms with van der Waals surface area (Å²) < 4.78 is 27.8. The Kier molecular flexibility index (Phi) is 5.45. The number of aryl methyl sites for hydroxylation is 3. The van der Waals surface area contributed by atoms with E-state index in [0.717, 1.165) is 22.3 Å². The van der Waals surface area contributed by atoms with E-state index in [1.54, 1.807) is 36.4 Å². The molecule has 2 N–H and O–H groups in total. The molecule has 1 aliphatic rings. The van der Waals surface area contributed by atoms with Crippen molar-refractivity contribution in [2.24, 2.45) is 0 Å². The van der Waals surface area contributed by atoms with Crippen LogP contribution in [0.3, 0.4) is 0 Å². The van der Waals surface area contributed by atoms with Crippen LogP contribution >= 0.6 is 0 Å². The van der Waals surface area contributed by atoms with Gasteiger partial charge in [-0.1, -0.05) is 29.8 Å². The molecule has 2 amide bonds. The first-order valence-corrected chi connectivity index (χ1v) is 11.5. The molecule has 160 valence electrons. The summed E-state index contributed by atoms with van der Waals surface area (Å²) in [7, 11) is -3.67. The van der Waals surface area contributed by atoms with Gasteiger partial charge in [0.25, 0.3) is 10.0 Å². The van der Waals surface area contributed by atoms with Crippen LogP contribution in [0.5, 0.6) is 0 Å². The lowest BCUT2D eigenvalue weighted by Crippen LogP contribution is -2.29. The van der Waals surface area contributed by atoms with Gasteiger partial charge in [-0.2, -0.15) is 0 Å². The van der Waals surface area contributed by atoms with Crippen molar-refractivity contribution < 1.29 is 13.2 Å². The molecule has 4 rings (SSSR count). The quantitative estimate of drug-likeness (QED) is 0.605. The van der Waals surface area contributed by atoms with Gasteiger partial charge in [-0.15, -0.1) is 0 Å². The van der Waals surface area contributed by atoms with Gasteiger partial charge in [0, 0.05) is 17.9 Å². The highest BCUT2D eigenvalue weighted by atomic mass is 32.2. The molecule has 0 unspecified atom stereocenters. The van der Waals surface area contributed by atoms with Gasteiger partial charge in [0.1, 0.15) is 0 Å². The Morgan fingerprint density at radius 2 is 1.45 bits per heavy atom. The van der Waals surface area contributed by atoms with Crippen LogP contribution in [0.1, 0.15) is 22.3 Å². The van der Waals surface area contributed by atoms with Crippen molar-refractivity contribution in [2.75, 3.05) is 21.5 Å². The maximum atomic E-state index is 13.2. The van der Waals surface area contributed by atoms with Gasteiger partial charge in [-0.05, 0) is 80.3 Å². The van der Waals surface area contributed by atoms with Gasteiger partial charge in [-0.25, -0.2) is 13.2 Å². The molecule has 0 bridgehead atoms. The monoisotopic (exact) mass is 435 g/mol.